The zero-order valence-electron chi connectivity index (χ0n) is 12.9. The molecule has 0 fully saturated rings. The highest BCUT2D eigenvalue weighted by Crippen LogP contribution is 2.26. The molecule has 0 aromatic carbocycles. The predicted molar refractivity (Wildman–Crippen MR) is 79.0 cm³/mol. The van der Waals surface area contributed by atoms with Crippen LogP contribution in [0.25, 0.3) is 0 Å². The van der Waals surface area contributed by atoms with Gasteiger partial charge < -0.3 is 9.52 Å². The monoisotopic (exact) mass is 303 g/mol. The SMILES string of the molecule is CCC(C)CS(=O)(=O)NCC(C)(O)c1cc(C)oc1C. The zero-order chi connectivity index (χ0) is 15.6. The van der Waals surface area contributed by atoms with Crippen LogP contribution in [0.5, 0.6) is 0 Å². The van der Waals surface area contributed by atoms with E-state index in [2.05, 4.69) is 4.72 Å². The van der Waals surface area contributed by atoms with Crippen LogP contribution in [0.3, 0.4) is 0 Å². The number of hydrogen-bond donors (Lipinski definition) is 2. The largest absolute Gasteiger partial charge is 0.466 e. The van der Waals surface area contributed by atoms with Crippen molar-refractivity contribution in [3.8, 4) is 0 Å². The molecule has 2 N–H and O–H groups in total. The molecule has 0 saturated heterocycles. The number of sulfonamides is 1. The van der Waals surface area contributed by atoms with Crippen LogP contribution in [-0.4, -0.2) is 25.8 Å². The lowest BCUT2D eigenvalue weighted by molar-refractivity contribution is 0.0612. The third-order valence-electron chi connectivity index (χ3n) is 3.46. The van der Waals surface area contributed by atoms with Gasteiger partial charge in [0.1, 0.15) is 17.1 Å². The summed E-state index contributed by atoms with van der Waals surface area (Å²) in [6.45, 7) is 8.90. The van der Waals surface area contributed by atoms with Gasteiger partial charge in [0.2, 0.25) is 10.0 Å². The second-order valence-corrected chi connectivity index (χ2v) is 7.57. The van der Waals surface area contributed by atoms with E-state index < -0.39 is 15.6 Å². The number of aliphatic hydroxyl groups is 1. The standard InChI is InChI=1S/C14H25NO4S/c1-6-10(2)8-20(17,18)15-9-14(5,16)13-7-11(3)19-12(13)4/h7,10,15-16H,6,8-9H2,1-5H3. The number of furan rings is 1. The van der Waals surface area contributed by atoms with Crippen LogP contribution in [-0.2, 0) is 15.6 Å². The van der Waals surface area contributed by atoms with Crippen molar-refractivity contribution in [3.63, 3.8) is 0 Å². The summed E-state index contributed by atoms with van der Waals surface area (Å²) >= 11 is 0. The number of aryl methyl sites for hydroxylation is 2. The lowest BCUT2D eigenvalue weighted by Crippen LogP contribution is -2.40. The van der Waals surface area contributed by atoms with Gasteiger partial charge in [-0.1, -0.05) is 20.3 Å². The molecule has 116 valence electrons. The highest BCUT2D eigenvalue weighted by atomic mass is 32.2. The first-order valence-corrected chi connectivity index (χ1v) is 8.50. The highest BCUT2D eigenvalue weighted by Gasteiger charge is 2.29. The van der Waals surface area contributed by atoms with E-state index >= 15 is 0 Å². The smallest absolute Gasteiger partial charge is 0.211 e. The molecule has 0 aliphatic carbocycles. The van der Waals surface area contributed by atoms with Gasteiger partial charge in [0.15, 0.2) is 0 Å². The van der Waals surface area contributed by atoms with E-state index in [-0.39, 0.29) is 18.2 Å². The van der Waals surface area contributed by atoms with E-state index in [1.54, 1.807) is 26.8 Å². The Morgan fingerprint density at radius 1 is 1.45 bits per heavy atom. The van der Waals surface area contributed by atoms with E-state index in [0.29, 0.717) is 17.1 Å². The maximum atomic E-state index is 11.9. The molecule has 0 aliphatic heterocycles. The van der Waals surface area contributed by atoms with Crippen molar-refractivity contribution in [2.75, 3.05) is 12.3 Å². The summed E-state index contributed by atoms with van der Waals surface area (Å²) in [5.41, 5.74) is -0.675. The molecule has 1 heterocycles. The fourth-order valence-corrected chi connectivity index (χ4v) is 3.67. The molecule has 2 unspecified atom stereocenters. The van der Waals surface area contributed by atoms with Gasteiger partial charge in [-0.3, -0.25) is 0 Å². The first kappa shape index (κ1) is 17.2. The lowest BCUT2D eigenvalue weighted by atomic mass is 9.97. The molecule has 0 bridgehead atoms. The van der Waals surface area contributed by atoms with Crippen molar-refractivity contribution < 1.29 is 17.9 Å². The minimum Gasteiger partial charge on any atom is -0.466 e. The molecule has 5 nitrogen and oxygen atoms in total. The van der Waals surface area contributed by atoms with Gasteiger partial charge in [-0.25, -0.2) is 13.1 Å². The fourth-order valence-electron chi connectivity index (χ4n) is 2.06. The Labute approximate surface area is 121 Å². The van der Waals surface area contributed by atoms with Gasteiger partial charge >= 0.3 is 0 Å². The minimum absolute atomic E-state index is 0.0639. The summed E-state index contributed by atoms with van der Waals surface area (Å²) in [5.74, 6) is 1.47. The van der Waals surface area contributed by atoms with E-state index in [9.17, 15) is 13.5 Å². The van der Waals surface area contributed by atoms with Gasteiger partial charge in [-0.2, -0.15) is 0 Å². The molecule has 1 aromatic rings. The molecular weight excluding hydrogens is 278 g/mol. The van der Waals surface area contributed by atoms with Crippen molar-refractivity contribution in [1.29, 1.82) is 0 Å². The van der Waals surface area contributed by atoms with Crippen LogP contribution in [0, 0.1) is 19.8 Å². The van der Waals surface area contributed by atoms with Crippen LogP contribution in [0.15, 0.2) is 10.5 Å². The quantitative estimate of drug-likeness (QED) is 0.808. The third kappa shape index (κ3) is 4.61. The molecule has 20 heavy (non-hydrogen) atoms. The Morgan fingerprint density at radius 3 is 2.50 bits per heavy atom. The van der Waals surface area contributed by atoms with Gasteiger partial charge in [-0.15, -0.1) is 0 Å². The van der Waals surface area contributed by atoms with Gasteiger partial charge in [0.05, 0.1) is 5.75 Å². The Kier molecular flexibility index (Phi) is 5.40. The van der Waals surface area contributed by atoms with Crippen LogP contribution >= 0.6 is 0 Å². The van der Waals surface area contributed by atoms with E-state index in [1.165, 1.54) is 0 Å². The van der Waals surface area contributed by atoms with Crippen LogP contribution in [0.2, 0.25) is 0 Å². The summed E-state index contributed by atoms with van der Waals surface area (Å²) in [4.78, 5) is 0. The zero-order valence-corrected chi connectivity index (χ0v) is 13.7. The number of hydrogen-bond acceptors (Lipinski definition) is 4. The van der Waals surface area contributed by atoms with E-state index in [4.69, 9.17) is 4.42 Å². The summed E-state index contributed by atoms with van der Waals surface area (Å²) in [6.07, 6.45) is 0.803. The molecule has 0 spiro atoms. The molecule has 1 aromatic heterocycles. The Balaban J connectivity index is 2.75. The summed E-state index contributed by atoms with van der Waals surface area (Å²) < 4.78 is 31.7. The van der Waals surface area contributed by atoms with Crippen LogP contribution < -0.4 is 4.72 Å². The third-order valence-corrected chi connectivity index (χ3v) is 5.05. The number of nitrogens with one attached hydrogen (secondary N) is 1. The van der Waals surface area contributed by atoms with Crippen molar-refractivity contribution >= 4 is 10.0 Å². The molecule has 1 rings (SSSR count). The molecule has 0 radical (unpaired) electrons. The summed E-state index contributed by atoms with van der Waals surface area (Å²) in [6, 6.07) is 1.73. The van der Waals surface area contributed by atoms with Crippen LogP contribution in [0.1, 0.15) is 44.3 Å². The van der Waals surface area contributed by atoms with Crippen molar-refractivity contribution in [2.24, 2.45) is 5.92 Å². The Hall–Kier alpha value is -0.850. The average Bonchev–Trinajstić information content (AvgIpc) is 2.66. The normalized spacial score (nSPS) is 16.9. The maximum Gasteiger partial charge on any atom is 0.211 e. The van der Waals surface area contributed by atoms with Crippen molar-refractivity contribution in [3.05, 3.63) is 23.2 Å². The second kappa shape index (κ2) is 6.28. The lowest BCUT2D eigenvalue weighted by Gasteiger charge is -2.23. The highest BCUT2D eigenvalue weighted by molar-refractivity contribution is 7.89. The number of rotatable bonds is 7. The molecule has 0 aliphatic rings. The Bertz CT molecular complexity index is 546. The van der Waals surface area contributed by atoms with Crippen molar-refractivity contribution in [2.45, 2.75) is 46.6 Å². The second-order valence-electron chi connectivity index (χ2n) is 5.72. The first-order chi connectivity index (χ1) is 9.07. The Morgan fingerprint density at radius 2 is 2.05 bits per heavy atom. The molecular formula is C14H25NO4S. The predicted octanol–water partition coefficient (Wildman–Crippen LogP) is 2.07. The van der Waals surface area contributed by atoms with E-state index in [0.717, 1.165) is 6.42 Å². The summed E-state index contributed by atoms with van der Waals surface area (Å²) in [5, 5.41) is 10.4. The van der Waals surface area contributed by atoms with Crippen LogP contribution in [0.4, 0.5) is 0 Å². The topological polar surface area (TPSA) is 79.5 Å². The fraction of sp³-hybridized carbons (Fsp3) is 0.714. The molecule has 0 saturated carbocycles. The minimum atomic E-state index is -3.38. The molecule has 2 atom stereocenters. The first-order valence-electron chi connectivity index (χ1n) is 6.84. The van der Waals surface area contributed by atoms with Crippen molar-refractivity contribution in [1.82, 2.24) is 4.72 Å². The molecule has 6 heteroatoms. The molecule has 0 amide bonds. The summed E-state index contributed by atoms with van der Waals surface area (Å²) in [7, 11) is -3.38. The van der Waals surface area contributed by atoms with Gasteiger partial charge in [-0.05, 0) is 32.8 Å². The maximum absolute atomic E-state index is 11.9. The average molecular weight is 303 g/mol. The van der Waals surface area contributed by atoms with Gasteiger partial charge in [0, 0.05) is 12.1 Å². The van der Waals surface area contributed by atoms with Gasteiger partial charge in [0.25, 0.3) is 0 Å². The van der Waals surface area contributed by atoms with E-state index in [1.807, 2.05) is 13.8 Å².